The van der Waals surface area contributed by atoms with Gasteiger partial charge in [-0.3, -0.25) is 4.79 Å². The van der Waals surface area contributed by atoms with Crippen LogP contribution in [0.5, 0.6) is 0 Å². The molecule has 1 saturated heterocycles. The van der Waals surface area contributed by atoms with Crippen LogP contribution in [-0.2, 0) is 9.53 Å². The van der Waals surface area contributed by atoms with Crippen molar-refractivity contribution in [2.45, 2.75) is 52.1 Å². The summed E-state index contributed by atoms with van der Waals surface area (Å²) in [4.78, 5) is 13.9. The van der Waals surface area contributed by atoms with Gasteiger partial charge in [0.1, 0.15) is 6.04 Å². The van der Waals surface area contributed by atoms with E-state index in [-0.39, 0.29) is 12.0 Å². The van der Waals surface area contributed by atoms with Crippen molar-refractivity contribution in [3.8, 4) is 0 Å². The topological polar surface area (TPSA) is 41.6 Å². The second-order valence-corrected chi connectivity index (χ2v) is 5.38. The lowest BCUT2D eigenvalue weighted by Crippen LogP contribution is -2.47. The SMILES string of the molecule is CCCN1CCC(C(C)NC(C)C(=O)OC)CC1. The Morgan fingerprint density at radius 2 is 2.00 bits per heavy atom. The van der Waals surface area contributed by atoms with Crippen molar-refractivity contribution in [3.05, 3.63) is 0 Å². The molecule has 0 spiro atoms. The number of nitrogens with one attached hydrogen (secondary N) is 1. The highest BCUT2D eigenvalue weighted by atomic mass is 16.5. The molecule has 4 heteroatoms. The van der Waals surface area contributed by atoms with E-state index in [1.165, 1.54) is 46.0 Å². The van der Waals surface area contributed by atoms with Crippen molar-refractivity contribution in [2.24, 2.45) is 5.92 Å². The lowest BCUT2D eigenvalue weighted by atomic mass is 9.90. The average Bonchev–Trinajstić information content (AvgIpc) is 2.38. The number of carbonyl (C=O) groups excluding carboxylic acids is 1. The Morgan fingerprint density at radius 3 is 2.50 bits per heavy atom. The molecule has 0 aliphatic carbocycles. The lowest BCUT2D eigenvalue weighted by Gasteiger charge is -2.35. The molecule has 0 bridgehead atoms. The van der Waals surface area contributed by atoms with Gasteiger partial charge in [0.05, 0.1) is 7.11 Å². The van der Waals surface area contributed by atoms with E-state index in [4.69, 9.17) is 4.74 Å². The molecule has 1 N–H and O–H groups in total. The van der Waals surface area contributed by atoms with Gasteiger partial charge >= 0.3 is 5.97 Å². The van der Waals surface area contributed by atoms with Crippen molar-refractivity contribution in [2.75, 3.05) is 26.7 Å². The van der Waals surface area contributed by atoms with Crippen LogP contribution in [0.15, 0.2) is 0 Å². The van der Waals surface area contributed by atoms with Gasteiger partial charge in [0, 0.05) is 6.04 Å². The fraction of sp³-hybridized carbons (Fsp3) is 0.929. The molecule has 1 fully saturated rings. The van der Waals surface area contributed by atoms with Gasteiger partial charge in [-0.25, -0.2) is 0 Å². The molecule has 2 unspecified atom stereocenters. The van der Waals surface area contributed by atoms with Gasteiger partial charge in [-0.1, -0.05) is 6.92 Å². The highest BCUT2D eigenvalue weighted by molar-refractivity contribution is 5.75. The number of likely N-dealkylation sites (tertiary alicyclic amines) is 1. The predicted molar refractivity (Wildman–Crippen MR) is 73.5 cm³/mol. The van der Waals surface area contributed by atoms with E-state index in [9.17, 15) is 4.79 Å². The van der Waals surface area contributed by atoms with Crippen molar-refractivity contribution >= 4 is 5.97 Å². The molecule has 0 aromatic carbocycles. The van der Waals surface area contributed by atoms with Gasteiger partial charge in [-0.05, 0) is 58.7 Å². The molecular formula is C14H28N2O2. The van der Waals surface area contributed by atoms with Crippen molar-refractivity contribution < 1.29 is 9.53 Å². The second-order valence-electron chi connectivity index (χ2n) is 5.38. The number of rotatable bonds is 6. The number of hydrogen-bond acceptors (Lipinski definition) is 4. The summed E-state index contributed by atoms with van der Waals surface area (Å²) in [5.41, 5.74) is 0. The first-order valence-electron chi connectivity index (χ1n) is 7.14. The first-order valence-corrected chi connectivity index (χ1v) is 7.14. The molecule has 106 valence electrons. The molecule has 0 aromatic heterocycles. The van der Waals surface area contributed by atoms with Crippen molar-refractivity contribution in [3.63, 3.8) is 0 Å². The molecule has 0 aromatic rings. The van der Waals surface area contributed by atoms with Crippen molar-refractivity contribution in [1.29, 1.82) is 0 Å². The molecule has 1 rings (SSSR count). The largest absolute Gasteiger partial charge is 0.468 e. The van der Waals surface area contributed by atoms with E-state index < -0.39 is 0 Å². The number of methoxy groups -OCH3 is 1. The Kier molecular flexibility index (Phi) is 6.65. The zero-order valence-corrected chi connectivity index (χ0v) is 12.2. The average molecular weight is 256 g/mol. The van der Waals surface area contributed by atoms with Gasteiger partial charge in [-0.2, -0.15) is 0 Å². The molecule has 2 atom stereocenters. The Hall–Kier alpha value is -0.610. The normalized spacial score (nSPS) is 21.6. The smallest absolute Gasteiger partial charge is 0.322 e. The highest BCUT2D eigenvalue weighted by Gasteiger charge is 2.25. The molecule has 1 aliphatic rings. The summed E-state index contributed by atoms with van der Waals surface area (Å²) in [7, 11) is 1.44. The third kappa shape index (κ3) is 4.58. The van der Waals surface area contributed by atoms with E-state index in [1.807, 2.05) is 6.92 Å². The van der Waals surface area contributed by atoms with Crippen LogP contribution >= 0.6 is 0 Å². The van der Waals surface area contributed by atoms with Gasteiger partial charge in [0.15, 0.2) is 0 Å². The van der Waals surface area contributed by atoms with Gasteiger partial charge < -0.3 is 15.0 Å². The Morgan fingerprint density at radius 1 is 1.39 bits per heavy atom. The van der Waals surface area contributed by atoms with Crippen LogP contribution in [0.3, 0.4) is 0 Å². The van der Waals surface area contributed by atoms with Crippen LogP contribution in [0.4, 0.5) is 0 Å². The molecule has 18 heavy (non-hydrogen) atoms. The van der Waals surface area contributed by atoms with Crippen LogP contribution in [0.25, 0.3) is 0 Å². The lowest BCUT2D eigenvalue weighted by molar-refractivity contribution is -0.142. The molecule has 0 radical (unpaired) electrons. The number of nitrogens with zero attached hydrogens (tertiary/aromatic N) is 1. The summed E-state index contributed by atoms with van der Waals surface area (Å²) >= 11 is 0. The van der Waals surface area contributed by atoms with E-state index in [1.54, 1.807) is 0 Å². The fourth-order valence-electron chi connectivity index (χ4n) is 2.77. The highest BCUT2D eigenvalue weighted by Crippen LogP contribution is 2.21. The summed E-state index contributed by atoms with van der Waals surface area (Å²) in [6.07, 6.45) is 3.68. The van der Waals surface area contributed by atoms with E-state index >= 15 is 0 Å². The minimum absolute atomic E-state index is 0.176. The minimum Gasteiger partial charge on any atom is -0.468 e. The molecule has 0 amide bonds. The van der Waals surface area contributed by atoms with Crippen LogP contribution in [0.2, 0.25) is 0 Å². The van der Waals surface area contributed by atoms with Crippen molar-refractivity contribution in [1.82, 2.24) is 10.2 Å². The second kappa shape index (κ2) is 7.74. The maximum absolute atomic E-state index is 11.4. The van der Waals surface area contributed by atoms with E-state index in [0.717, 1.165) is 0 Å². The number of ether oxygens (including phenoxy) is 1. The fourth-order valence-corrected chi connectivity index (χ4v) is 2.77. The molecule has 4 nitrogen and oxygen atoms in total. The summed E-state index contributed by atoms with van der Waals surface area (Å²) in [5, 5.41) is 3.35. The van der Waals surface area contributed by atoms with Gasteiger partial charge in [0.25, 0.3) is 0 Å². The molecule has 0 saturated carbocycles. The quantitative estimate of drug-likeness (QED) is 0.734. The predicted octanol–water partition coefficient (Wildman–Crippen LogP) is 1.65. The first kappa shape index (κ1) is 15.4. The maximum Gasteiger partial charge on any atom is 0.322 e. The maximum atomic E-state index is 11.4. The number of piperidine rings is 1. The van der Waals surface area contributed by atoms with Gasteiger partial charge in [0.2, 0.25) is 0 Å². The standard InChI is InChI=1S/C14H28N2O2/c1-5-8-16-9-6-13(7-10-16)11(2)15-12(3)14(17)18-4/h11-13,15H,5-10H2,1-4H3. The first-order chi connectivity index (χ1) is 8.58. The third-order valence-electron chi connectivity index (χ3n) is 3.95. The van der Waals surface area contributed by atoms with Crippen LogP contribution in [-0.4, -0.2) is 49.7 Å². The molecule has 1 aliphatic heterocycles. The summed E-state index contributed by atoms with van der Waals surface area (Å²) < 4.78 is 4.74. The minimum atomic E-state index is -0.210. The van der Waals surface area contributed by atoms with E-state index in [2.05, 4.69) is 24.1 Å². The third-order valence-corrected chi connectivity index (χ3v) is 3.95. The number of esters is 1. The monoisotopic (exact) mass is 256 g/mol. The van der Waals surface area contributed by atoms with Crippen LogP contribution in [0.1, 0.15) is 40.0 Å². The Bertz CT molecular complexity index is 250. The summed E-state index contributed by atoms with van der Waals surface area (Å²) in [6.45, 7) is 9.88. The molecular weight excluding hydrogens is 228 g/mol. The number of hydrogen-bond donors (Lipinski definition) is 1. The van der Waals surface area contributed by atoms with Crippen LogP contribution < -0.4 is 5.32 Å². The van der Waals surface area contributed by atoms with Gasteiger partial charge in [-0.15, -0.1) is 0 Å². The zero-order valence-electron chi connectivity index (χ0n) is 12.2. The Labute approximate surface area is 111 Å². The zero-order chi connectivity index (χ0) is 13.5. The number of carbonyl (C=O) groups is 1. The summed E-state index contributed by atoms with van der Waals surface area (Å²) in [6, 6.07) is 0.168. The summed E-state index contributed by atoms with van der Waals surface area (Å²) in [5.74, 6) is 0.496. The van der Waals surface area contributed by atoms with Crippen LogP contribution in [0, 0.1) is 5.92 Å². The van der Waals surface area contributed by atoms with E-state index in [0.29, 0.717) is 12.0 Å². The molecule has 1 heterocycles. The Balaban J connectivity index is 2.31.